The first kappa shape index (κ1) is 18.9. The van der Waals surface area contributed by atoms with Crippen molar-refractivity contribution in [2.75, 3.05) is 18.0 Å². The first-order valence-corrected chi connectivity index (χ1v) is 10.6. The van der Waals surface area contributed by atoms with Gasteiger partial charge in [0.2, 0.25) is 0 Å². The summed E-state index contributed by atoms with van der Waals surface area (Å²) < 4.78 is 22.2. The molecule has 0 spiro atoms. The molecular formula is C20H25ClFN5O2. The van der Waals surface area contributed by atoms with Gasteiger partial charge in [0.15, 0.2) is 16.8 Å². The molecule has 4 aliphatic rings. The molecule has 2 bridgehead atoms. The Morgan fingerprint density at radius 3 is 2.48 bits per heavy atom. The number of carbonyl (C=O) groups excluding carboxylic acids is 1. The molecule has 1 aliphatic carbocycles. The van der Waals surface area contributed by atoms with Gasteiger partial charge in [-0.25, -0.2) is 14.2 Å². The van der Waals surface area contributed by atoms with Crippen molar-refractivity contribution >= 4 is 34.4 Å². The monoisotopic (exact) mass is 421 g/mol. The van der Waals surface area contributed by atoms with E-state index in [1.807, 2.05) is 25.7 Å². The summed E-state index contributed by atoms with van der Waals surface area (Å²) in [5.74, 6) is 0.237. The van der Waals surface area contributed by atoms with Crippen molar-refractivity contribution < 1.29 is 13.9 Å². The highest BCUT2D eigenvalue weighted by Gasteiger charge is 2.44. The van der Waals surface area contributed by atoms with Crippen molar-refractivity contribution in [3.63, 3.8) is 0 Å². The summed E-state index contributed by atoms with van der Waals surface area (Å²) in [5.41, 5.74) is -0.0808. The molecule has 2 aromatic heterocycles. The number of piperazine rings is 1. The fraction of sp³-hybridized carbons (Fsp3) is 0.650. The summed E-state index contributed by atoms with van der Waals surface area (Å²) in [4.78, 5) is 20.7. The van der Waals surface area contributed by atoms with Gasteiger partial charge in [0.25, 0.3) is 0 Å². The SMILES string of the molecule is CC(C)(C)OC(=O)N1CC2CC[C@H]1CN2c1nn(C2CC2)c2c(F)c(Cl)ncc12. The number of fused-ring (bicyclic) bond motifs is 4. The van der Waals surface area contributed by atoms with Crippen LogP contribution in [0.4, 0.5) is 15.0 Å². The molecule has 0 radical (unpaired) electrons. The summed E-state index contributed by atoms with van der Waals surface area (Å²) in [6.07, 6.45) is 5.24. The molecule has 5 heterocycles. The van der Waals surface area contributed by atoms with Gasteiger partial charge in [0.1, 0.15) is 11.1 Å². The van der Waals surface area contributed by atoms with E-state index >= 15 is 0 Å². The summed E-state index contributed by atoms with van der Waals surface area (Å²) in [7, 11) is 0. The van der Waals surface area contributed by atoms with Crippen molar-refractivity contribution in [2.45, 2.75) is 70.2 Å². The van der Waals surface area contributed by atoms with Gasteiger partial charge in [0, 0.05) is 25.3 Å². The van der Waals surface area contributed by atoms with Crippen LogP contribution in [-0.4, -0.2) is 56.5 Å². The third-order valence-corrected chi connectivity index (χ3v) is 6.21. The van der Waals surface area contributed by atoms with E-state index in [0.29, 0.717) is 24.0 Å². The molecule has 2 atom stereocenters. The molecule has 0 aromatic carbocycles. The summed E-state index contributed by atoms with van der Waals surface area (Å²) >= 11 is 5.95. The van der Waals surface area contributed by atoms with Gasteiger partial charge in [-0.1, -0.05) is 11.6 Å². The van der Waals surface area contributed by atoms with E-state index in [0.717, 1.165) is 31.5 Å². The molecule has 3 aliphatic heterocycles. The van der Waals surface area contributed by atoms with E-state index in [9.17, 15) is 9.18 Å². The molecule has 7 nitrogen and oxygen atoms in total. The Morgan fingerprint density at radius 1 is 1.17 bits per heavy atom. The highest BCUT2D eigenvalue weighted by Crippen LogP contribution is 2.42. The molecule has 1 amide bonds. The fourth-order valence-corrected chi connectivity index (χ4v) is 4.61. The number of hydrogen-bond acceptors (Lipinski definition) is 5. The van der Waals surface area contributed by atoms with Crippen molar-refractivity contribution in [3.05, 3.63) is 17.2 Å². The highest BCUT2D eigenvalue weighted by molar-refractivity contribution is 6.30. The van der Waals surface area contributed by atoms with E-state index < -0.39 is 11.4 Å². The van der Waals surface area contributed by atoms with Gasteiger partial charge in [-0.15, -0.1) is 0 Å². The third kappa shape index (κ3) is 3.21. The lowest BCUT2D eigenvalue weighted by Crippen LogP contribution is -2.64. The Bertz CT molecular complexity index is 983. The lowest BCUT2D eigenvalue weighted by atomic mass is 9.91. The van der Waals surface area contributed by atoms with E-state index in [1.165, 1.54) is 0 Å². The third-order valence-electron chi connectivity index (χ3n) is 5.95. The first-order chi connectivity index (χ1) is 13.7. The second-order valence-electron chi connectivity index (χ2n) is 9.29. The second kappa shape index (κ2) is 6.45. The minimum absolute atomic E-state index is 0.0566. The predicted octanol–water partition coefficient (Wildman–Crippen LogP) is 4.15. The van der Waals surface area contributed by atoms with Crippen LogP contribution in [0, 0.1) is 5.82 Å². The number of ether oxygens (including phenoxy) is 1. The van der Waals surface area contributed by atoms with Crippen molar-refractivity contribution in [2.24, 2.45) is 0 Å². The summed E-state index contributed by atoms with van der Waals surface area (Å²) in [6.45, 7) is 6.88. The Hall–Kier alpha value is -2.09. The maximum atomic E-state index is 14.8. The Kier molecular flexibility index (Phi) is 4.21. The maximum Gasteiger partial charge on any atom is 0.410 e. The van der Waals surface area contributed by atoms with Gasteiger partial charge in [-0.3, -0.25) is 4.68 Å². The quantitative estimate of drug-likeness (QED) is 0.682. The minimum atomic E-state index is -0.519. The second-order valence-corrected chi connectivity index (χ2v) is 9.65. The number of piperidine rings is 2. The Morgan fingerprint density at radius 2 is 1.86 bits per heavy atom. The van der Waals surface area contributed by atoms with Crippen LogP contribution in [0.15, 0.2) is 6.20 Å². The van der Waals surface area contributed by atoms with Gasteiger partial charge in [-0.05, 0) is 46.5 Å². The average molecular weight is 422 g/mol. The van der Waals surface area contributed by atoms with Gasteiger partial charge in [-0.2, -0.15) is 5.10 Å². The molecule has 1 saturated carbocycles. The molecule has 156 valence electrons. The average Bonchev–Trinajstić information content (AvgIpc) is 3.44. The van der Waals surface area contributed by atoms with Crippen LogP contribution in [0.5, 0.6) is 0 Å². The number of amides is 1. The number of pyridine rings is 1. The molecule has 1 unspecified atom stereocenters. The molecule has 29 heavy (non-hydrogen) atoms. The predicted molar refractivity (Wildman–Crippen MR) is 108 cm³/mol. The summed E-state index contributed by atoms with van der Waals surface area (Å²) in [5, 5.41) is 5.36. The van der Waals surface area contributed by atoms with E-state index in [-0.39, 0.29) is 29.4 Å². The Balaban J connectivity index is 1.47. The van der Waals surface area contributed by atoms with Crippen LogP contribution >= 0.6 is 11.6 Å². The summed E-state index contributed by atoms with van der Waals surface area (Å²) in [6, 6.07) is 0.401. The number of aromatic nitrogens is 3. The fourth-order valence-electron chi connectivity index (χ4n) is 4.48. The Labute approximate surface area is 173 Å². The normalized spacial score (nSPS) is 24.4. The molecule has 6 rings (SSSR count). The number of anilines is 1. The molecule has 2 aromatic rings. The maximum absolute atomic E-state index is 14.8. The van der Waals surface area contributed by atoms with Crippen LogP contribution in [-0.2, 0) is 4.74 Å². The smallest absolute Gasteiger partial charge is 0.410 e. The zero-order valence-corrected chi connectivity index (χ0v) is 17.6. The van der Waals surface area contributed by atoms with Crippen LogP contribution in [0.1, 0.15) is 52.5 Å². The van der Waals surface area contributed by atoms with Gasteiger partial charge in [0.05, 0.1) is 17.5 Å². The number of carbonyl (C=O) groups is 1. The van der Waals surface area contributed by atoms with Crippen molar-refractivity contribution in [1.82, 2.24) is 19.7 Å². The molecule has 9 heteroatoms. The number of rotatable bonds is 2. The van der Waals surface area contributed by atoms with Crippen molar-refractivity contribution in [1.29, 1.82) is 0 Å². The van der Waals surface area contributed by atoms with E-state index in [4.69, 9.17) is 21.4 Å². The van der Waals surface area contributed by atoms with Crippen LogP contribution in [0.3, 0.4) is 0 Å². The molecular weight excluding hydrogens is 397 g/mol. The molecule has 4 fully saturated rings. The number of hydrogen-bond donors (Lipinski definition) is 0. The number of nitrogens with zero attached hydrogens (tertiary/aromatic N) is 5. The lowest BCUT2D eigenvalue weighted by molar-refractivity contribution is 0.000807. The minimum Gasteiger partial charge on any atom is -0.444 e. The lowest BCUT2D eigenvalue weighted by Gasteiger charge is -2.51. The topological polar surface area (TPSA) is 63.5 Å². The van der Waals surface area contributed by atoms with Crippen LogP contribution in [0.2, 0.25) is 5.15 Å². The van der Waals surface area contributed by atoms with E-state index in [1.54, 1.807) is 10.9 Å². The van der Waals surface area contributed by atoms with Gasteiger partial charge < -0.3 is 14.5 Å². The highest BCUT2D eigenvalue weighted by atomic mass is 35.5. The van der Waals surface area contributed by atoms with E-state index in [2.05, 4.69) is 9.88 Å². The standard InChI is InChI=1S/C20H25ClFN5O2/c1-20(2,3)29-19(28)26-10-12-6-7-13(26)9-25(12)18-14-8-23-17(21)15(22)16(14)27(24-18)11-4-5-11/h8,11-13H,4-7,9-10H2,1-3H3/t12?,13-/m0/s1. The van der Waals surface area contributed by atoms with Crippen molar-refractivity contribution in [3.8, 4) is 0 Å². The first-order valence-electron chi connectivity index (χ1n) is 10.2. The van der Waals surface area contributed by atoms with Gasteiger partial charge >= 0.3 is 6.09 Å². The van der Waals surface area contributed by atoms with Crippen LogP contribution < -0.4 is 4.90 Å². The molecule has 3 saturated heterocycles. The zero-order valence-electron chi connectivity index (χ0n) is 16.9. The molecule has 0 N–H and O–H groups in total. The largest absolute Gasteiger partial charge is 0.444 e. The van der Waals surface area contributed by atoms with Crippen LogP contribution in [0.25, 0.3) is 10.9 Å². The zero-order chi connectivity index (χ0) is 20.5. The number of halogens is 2.